The zero-order chi connectivity index (χ0) is 14.5. The first-order valence-corrected chi connectivity index (χ1v) is 7.79. The fourth-order valence-electron chi connectivity index (χ4n) is 2.10. The predicted molar refractivity (Wildman–Crippen MR) is 80.2 cm³/mol. The summed E-state index contributed by atoms with van der Waals surface area (Å²) in [6.45, 7) is 3.28. The quantitative estimate of drug-likeness (QED) is 0.864. The lowest BCUT2D eigenvalue weighted by molar-refractivity contribution is -0.140. The fraction of sp³-hybridized carbons (Fsp3) is 0.500. The molecule has 2 atom stereocenters. The van der Waals surface area contributed by atoms with Gasteiger partial charge in [0.1, 0.15) is 0 Å². The Labute approximate surface area is 128 Å². The van der Waals surface area contributed by atoms with Crippen molar-refractivity contribution in [2.45, 2.75) is 23.1 Å². The fourth-order valence-corrected chi connectivity index (χ4v) is 3.16. The summed E-state index contributed by atoms with van der Waals surface area (Å²) in [5.74, 6) is 0.0345. The summed E-state index contributed by atoms with van der Waals surface area (Å²) >= 11 is 7.34. The second kappa shape index (κ2) is 7.31. The van der Waals surface area contributed by atoms with Gasteiger partial charge in [0.2, 0.25) is 5.91 Å². The lowest BCUT2D eigenvalue weighted by atomic mass is 10.2. The van der Waals surface area contributed by atoms with Crippen LogP contribution in [-0.4, -0.2) is 53.6 Å². The van der Waals surface area contributed by atoms with Gasteiger partial charge in [-0.1, -0.05) is 11.6 Å². The van der Waals surface area contributed by atoms with Crippen LogP contribution in [-0.2, 0) is 9.53 Å². The third-order valence-corrected chi connectivity index (χ3v) is 4.55. The van der Waals surface area contributed by atoms with Crippen LogP contribution in [0.25, 0.3) is 0 Å². The Bertz CT molecular complexity index is 454. The molecule has 1 aliphatic rings. The monoisotopic (exact) mass is 315 g/mol. The molecular weight excluding hydrogens is 298 g/mol. The molecule has 110 valence electrons. The van der Waals surface area contributed by atoms with Gasteiger partial charge in [0.05, 0.1) is 31.1 Å². The first kappa shape index (κ1) is 15.6. The standard InChI is InChI=1S/C14H18ClNO3S/c1-10(20-13-4-2-11(15)3-5-13)14(18)16-6-7-19-9-12(16)8-17/h2-5,10,12,17H,6-9H2,1H3. The number of hydrogen-bond donors (Lipinski definition) is 1. The first-order valence-electron chi connectivity index (χ1n) is 6.53. The second-order valence-corrected chi connectivity index (χ2v) is 6.51. The number of aliphatic hydroxyl groups excluding tert-OH is 1. The lowest BCUT2D eigenvalue weighted by Crippen LogP contribution is -2.52. The Morgan fingerprint density at radius 1 is 1.55 bits per heavy atom. The largest absolute Gasteiger partial charge is 0.394 e. The Balaban J connectivity index is 1.98. The number of amides is 1. The van der Waals surface area contributed by atoms with Gasteiger partial charge < -0.3 is 14.7 Å². The molecule has 0 bridgehead atoms. The number of morpholine rings is 1. The van der Waals surface area contributed by atoms with Crippen molar-refractivity contribution in [1.29, 1.82) is 0 Å². The highest BCUT2D eigenvalue weighted by molar-refractivity contribution is 8.00. The van der Waals surface area contributed by atoms with Crippen LogP contribution in [0.1, 0.15) is 6.92 Å². The average Bonchev–Trinajstić information content (AvgIpc) is 2.48. The predicted octanol–water partition coefficient (Wildman–Crippen LogP) is 2.04. The van der Waals surface area contributed by atoms with E-state index in [1.54, 1.807) is 4.90 Å². The molecule has 1 aromatic carbocycles. The van der Waals surface area contributed by atoms with Crippen LogP contribution in [0.2, 0.25) is 5.02 Å². The molecule has 1 N–H and O–H groups in total. The van der Waals surface area contributed by atoms with Gasteiger partial charge >= 0.3 is 0 Å². The maximum Gasteiger partial charge on any atom is 0.236 e. The summed E-state index contributed by atoms with van der Waals surface area (Å²) in [5.41, 5.74) is 0. The van der Waals surface area contributed by atoms with Crippen molar-refractivity contribution >= 4 is 29.3 Å². The van der Waals surface area contributed by atoms with E-state index in [4.69, 9.17) is 16.3 Å². The van der Waals surface area contributed by atoms with E-state index in [0.717, 1.165) is 4.90 Å². The molecule has 0 radical (unpaired) electrons. The van der Waals surface area contributed by atoms with Gasteiger partial charge in [-0.25, -0.2) is 0 Å². The number of carbonyl (C=O) groups excluding carboxylic acids is 1. The van der Waals surface area contributed by atoms with Crippen molar-refractivity contribution in [3.63, 3.8) is 0 Å². The molecule has 20 heavy (non-hydrogen) atoms. The van der Waals surface area contributed by atoms with Crippen LogP contribution in [0.3, 0.4) is 0 Å². The molecule has 1 fully saturated rings. The van der Waals surface area contributed by atoms with Gasteiger partial charge in [0, 0.05) is 16.5 Å². The maximum atomic E-state index is 12.5. The number of nitrogens with zero attached hydrogens (tertiary/aromatic N) is 1. The summed E-state index contributed by atoms with van der Waals surface area (Å²) in [6, 6.07) is 7.20. The zero-order valence-corrected chi connectivity index (χ0v) is 12.9. The van der Waals surface area contributed by atoms with Crippen LogP contribution in [0, 0.1) is 0 Å². The molecule has 1 aliphatic heterocycles. The van der Waals surface area contributed by atoms with Crippen LogP contribution < -0.4 is 0 Å². The number of aliphatic hydroxyl groups is 1. The maximum absolute atomic E-state index is 12.5. The Morgan fingerprint density at radius 3 is 2.90 bits per heavy atom. The highest BCUT2D eigenvalue weighted by Crippen LogP contribution is 2.26. The van der Waals surface area contributed by atoms with Gasteiger partial charge in [0.25, 0.3) is 0 Å². The Morgan fingerprint density at radius 2 is 2.25 bits per heavy atom. The number of halogens is 1. The normalized spacial score (nSPS) is 20.8. The van der Waals surface area contributed by atoms with Crippen molar-refractivity contribution in [2.75, 3.05) is 26.4 Å². The Kier molecular flexibility index (Phi) is 5.72. The Hall–Kier alpha value is -0.750. The topological polar surface area (TPSA) is 49.8 Å². The van der Waals surface area contributed by atoms with E-state index in [9.17, 15) is 9.90 Å². The van der Waals surface area contributed by atoms with Crippen LogP contribution in [0.15, 0.2) is 29.2 Å². The minimum atomic E-state index is -0.232. The molecule has 2 unspecified atom stereocenters. The van der Waals surface area contributed by atoms with E-state index >= 15 is 0 Å². The number of thioether (sulfide) groups is 1. The molecule has 0 aromatic heterocycles. The van der Waals surface area contributed by atoms with Crippen LogP contribution in [0.5, 0.6) is 0 Å². The van der Waals surface area contributed by atoms with Crippen molar-refractivity contribution < 1.29 is 14.6 Å². The average molecular weight is 316 g/mol. The molecule has 4 nitrogen and oxygen atoms in total. The lowest BCUT2D eigenvalue weighted by Gasteiger charge is -2.36. The van der Waals surface area contributed by atoms with E-state index < -0.39 is 0 Å². The number of rotatable bonds is 4. The smallest absolute Gasteiger partial charge is 0.236 e. The van der Waals surface area contributed by atoms with Gasteiger partial charge in [-0.05, 0) is 31.2 Å². The van der Waals surface area contributed by atoms with Gasteiger partial charge in [-0.15, -0.1) is 11.8 Å². The van der Waals surface area contributed by atoms with E-state index in [-0.39, 0.29) is 23.8 Å². The summed E-state index contributed by atoms with van der Waals surface area (Å²) in [4.78, 5) is 15.2. The molecule has 2 rings (SSSR count). The minimum absolute atomic E-state index is 0.0345. The third-order valence-electron chi connectivity index (χ3n) is 3.20. The van der Waals surface area contributed by atoms with Gasteiger partial charge in [-0.3, -0.25) is 4.79 Å². The molecule has 1 amide bonds. The van der Waals surface area contributed by atoms with Crippen LogP contribution >= 0.6 is 23.4 Å². The van der Waals surface area contributed by atoms with E-state index in [2.05, 4.69) is 0 Å². The molecule has 0 saturated carbocycles. The molecule has 0 spiro atoms. The third kappa shape index (κ3) is 3.88. The summed E-state index contributed by atoms with van der Waals surface area (Å²) < 4.78 is 5.29. The summed E-state index contributed by atoms with van der Waals surface area (Å²) in [7, 11) is 0. The van der Waals surface area contributed by atoms with Gasteiger partial charge in [0.15, 0.2) is 0 Å². The zero-order valence-electron chi connectivity index (χ0n) is 11.3. The molecule has 0 aliphatic carbocycles. The highest BCUT2D eigenvalue weighted by Gasteiger charge is 2.30. The SMILES string of the molecule is CC(Sc1ccc(Cl)cc1)C(=O)N1CCOCC1CO. The second-order valence-electron chi connectivity index (χ2n) is 4.66. The van der Waals surface area contributed by atoms with Crippen molar-refractivity contribution in [3.8, 4) is 0 Å². The minimum Gasteiger partial charge on any atom is -0.394 e. The summed E-state index contributed by atoms with van der Waals surface area (Å²) in [6.07, 6.45) is 0. The number of ether oxygens (including phenoxy) is 1. The van der Waals surface area contributed by atoms with E-state index in [1.807, 2.05) is 31.2 Å². The molecule has 1 aromatic rings. The number of carbonyl (C=O) groups is 1. The van der Waals surface area contributed by atoms with Gasteiger partial charge in [-0.2, -0.15) is 0 Å². The summed E-state index contributed by atoms with van der Waals surface area (Å²) in [5, 5.41) is 9.79. The van der Waals surface area contributed by atoms with Crippen molar-refractivity contribution in [1.82, 2.24) is 4.90 Å². The first-order chi connectivity index (χ1) is 9.61. The highest BCUT2D eigenvalue weighted by atomic mass is 35.5. The molecule has 1 saturated heterocycles. The van der Waals surface area contributed by atoms with Crippen LogP contribution in [0.4, 0.5) is 0 Å². The van der Waals surface area contributed by atoms with E-state index in [1.165, 1.54) is 11.8 Å². The van der Waals surface area contributed by atoms with E-state index in [0.29, 0.717) is 24.8 Å². The van der Waals surface area contributed by atoms with Crippen molar-refractivity contribution in [2.24, 2.45) is 0 Å². The van der Waals surface area contributed by atoms with Crippen molar-refractivity contribution in [3.05, 3.63) is 29.3 Å². The number of hydrogen-bond acceptors (Lipinski definition) is 4. The molecular formula is C14H18ClNO3S. The molecule has 1 heterocycles. The number of benzene rings is 1. The molecule has 6 heteroatoms.